The van der Waals surface area contributed by atoms with E-state index < -0.39 is 18.0 Å². The normalized spacial score (nSPS) is 11.3. The van der Waals surface area contributed by atoms with Gasteiger partial charge in [-0.05, 0) is 38.8 Å². The highest BCUT2D eigenvalue weighted by Gasteiger charge is 2.09. The van der Waals surface area contributed by atoms with E-state index in [9.17, 15) is 9.59 Å². The number of unbranched alkanes of at least 4 members (excludes halogenated alkanes) is 2. The molecule has 0 bridgehead atoms. The van der Waals surface area contributed by atoms with E-state index >= 15 is 0 Å². The highest BCUT2D eigenvalue weighted by Crippen LogP contribution is 1.97. The number of carbonyl (C=O) groups is 2. The summed E-state index contributed by atoms with van der Waals surface area (Å²) < 4.78 is 0. The van der Waals surface area contributed by atoms with Crippen LogP contribution in [0, 0.1) is 0 Å². The van der Waals surface area contributed by atoms with Crippen LogP contribution in [-0.2, 0) is 9.59 Å². The van der Waals surface area contributed by atoms with Crippen LogP contribution in [0.1, 0.15) is 38.5 Å². The third-order valence-electron chi connectivity index (χ3n) is 2.13. The fourth-order valence-corrected chi connectivity index (χ4v) is 1.05. The fraction of sp³-hybridized carbons (Fsp3) is 0.818. The topological polar surface area (TPSA) is 153 Å². The lowest BCUT2D eigenvalue weighted by Gasteiger charge is -2.03. The first-order chi connectivity index (χ1) is 8.45. The summed E-state index contributed by atoms with van der Waals surface area (Å²) in [6, 6.07) is -0.716. The summed E-state index contributed by atoms with van der Waals surface area (Å²) in [5.74, 6) is -1.67. The number of aliphatic carboxylic acids is 2. The van der Waals surface area contributed by atoms with E-state index in [1.807, 2.05) is 0 Å². The van der Waals surface area contributed by atoms with Crippen LogP contribution in [0.25, 0.3) is 0 Å². The Balaban J connectivity index is 0. The molecule has 18 heavy (non-hydrogen) atoms. The molecule has 0 aromatic heterocycles. The third-order valence-corrected chi connectivity index (χ3v) is 2.13. The summed E-state index contributed by atoms with van der Waals surface area (Å²) in [5, 5.41) is 16.4. The maximum absolute atomic E-state index is 10.1. The molecule has 0 aliphatic carbocycles. The lowest BCUT2D eigenvalue weighted by Crippen LogP contribution is -2.29. The Kier molecular flexibility index (Phi) is 14.8. The first kappa shape index (κ1) is 19.2. The predicted molar refractivity (Wildman–Crippen MR) is 69.1 cm³/mol. The highest BCUT2D eigenvalue weighted by molar-refractivity contribution is 5.72. The Morgan fingerprint density at radius 3 is 1.83 bits per heavy atom. The van der Waals surface area contributed by atoms with Crippen LogP contribution in [-0.4, -0.2) is 41.3 Å². The van der Waals surface area contributed by atoms with Crippen LogP contribution in [0.2, 0.25) is 0 Å². The van der Waals surface area contributed by atoms with Gasteiger partial charge in [-0.15, -0.1) is 0 Å². The zero-order chi connectivity index (χ0) is 14.4. The number of hydrogen-bond donors (Lipinski definition) is 5. The number of carboxylic acids is 2. The number of nitrogens with two attached hydrogens (primary N) is 3. The maximum Gasteiger partial charge on any atom is 0.320 e. The Morgan fingerprint density at radius 1 is 0.944 bits per heavy atom. The van der Waals surface area contributed by atoms with Crippen molar-refractivity contribution >= 4 is 11.9 Å². The van der Waals surface area contributed by atoms with E-state index in [4.69, 9.17) is 27.4 Å². The largest absolute Gasteiger partial charge is 0.481 e. The van der Waals surface area contributed by atoms with E-state index in [1.54, 1.807) is 0 Å². The number of carboxylic acid groups (broad SMARTS) is 2. The van der Waals surface area contributed by atoms with E-state index in [0.717, 1.165) is 19.3 Å². The summed E-state index contributed by atoms with van der Waals surface area (Å²) >= 11 is 0. The first-order valence-corrected chi connectivity index (χ1v) is 6.06. The summed E-state index contributed by atoms with van der Waals surface area (Å²) in [6.07, 6.45) is 3.92. The Labute approximate surface area is 107 Å². The Hall–Kier alpha value is -1.18. The molecule has 0 aliphatic rings. The quantitative estimate of drug-likeness (QED) is 0.359. The SMILES string of the molecule is NCCCCC(=O)O.NCCCCC(N)C(=O)O. The average Bonchev–Trinajstić information content (AvgIpc) is 2.30. The molecule has 0 heterocycles. The van der Waals surface area contributed by atoms with Crippen molar-refractivity contribution in [3.8, 4) is 0 Å². The van der Waals surface area contributed by atoms with Gasteiger partial charge in [-0.25, -0.2) is 0 Å². The molecule has 0 rings (SSSR count). The first-order valence-electron chi connectivity index (χ1n) is 6.06. The zero-order valence-electron chi connectivity index (χ0n) is 10.7. The molecule has 0 radical (unpaired) electrons. The molecule has 0 aromatic carbocycles. The van der Waals surface area contributed by atoms with Gasteiger partial charge in [0.05, 0.1) is 0 Å². The molecular formula is C11H25N3O4. The summed E-state index contributed by atoms with van der Waals surface area (Å²) in [5.41, 5.74) is 15.5. The van der Waals surface area contributed by atoms with Crippen LogP contribution >= 0.6 is 0 Å². The molecule has 8 N–H and O–H groups in total. The molecule has 7 nitrogen and oxygen atoms in total. The van der Waals surface area contributed by atoms with Crippen molar-refractivity contribution in [3.05, 3.63) is 0 Å². The second-order valence-electron chi connectivity index (χ2n) is 3.87. The van der Waals surface area contributed by atoms with Crippen molar-refractivity contribution in [1.29, 1.82) is 0 Å². The van der Waals surface area contributed by atoms with Crippen molar-refractivity contribution < 1.29 is 19.8 Å². The van der Waals surface area contributed by atoms with Gasteiger partial charge in [0.1, 0.15) is 6.04 Å². The molecule has 0 fully saturated rings. The van der Waals surface area contributed by atoms with Crippen molar-refractivity contribution in [1.82, 2.24) is 0 Å². The van der Waals surface area contributed by atoms with Crippen LogP contribution in [0.5, 0.6) is 0 Å². The molecule has 0 aromatic rings. The second kappa shape index (κ2) is 13.9. The van der Waals surface area contributed by atoms with Crippen LogP contribution < -0.4 is 17.2 Å². The van der Waals surface area contributed by atoms with E-state index in [1.165, 1.54) is 0 Å². The van der Waals surface area contributed by atoms with Gasteiger partial charge in [-0.3, -0.25) is 9.59 Å². The van der Waals surface area contributed by atoms with Gasteiger partial charge >= 0.3 is 11.9 Å². The highest BCUT2D eigenvalue weighted by atomic mass is 16.4. The zero-order valence-corrected chi connectivity index (χ0v) is 10.7. The smallest absolute Gasteiger partial charge is 0.320 e. The molecule has 108 valence electrons. The molecule has 1 atom stereocenters. The van der Waals surface area contributed by atoms with Gasteiger partial charge in [0, 0.05) is 6.42 Å². The standard InChI is InChI=1S/C6H14N2O2.C5H11NO2/c7-4-2-1-3-5(8)6(9)10;6-4-2-1-3-5(7)8/h5H,1-4,7-8H2,(H,9,10);1-4,6H2,(H,7,8). The third kappa shape index (κ3) is 17.2. The van der Waals surface area contributed by atoms with Crippen LogP contribution in [0.4, 0.5) is 0 Å². The molecule has 0 aliphatic heterocycles. The van der Waals surface area contributed by atoms with E-state index in [-0.39, 0.29) is 6.42 Å². The molecule has 0 amide bonds. The van der Waals surface area contributed by atoms with Gasteiger partial charge in [0.2, 0.25) is 0 Å². The van der Waals surface area contributed by atoms with Gasteiger partial charge < -0.3 is 27.4 Å². The molecule has 0 spiro atoms. The average molecular weight is 263 g/mol. The van der Waals surface area contributed by atoms with Crippen molar-refractivity contribution in [2.24, 2.45) is 17.2 Å². The number of rotatable bonds is 9. The number of hydrogen-bond acceptors (Lipinski definition) is 5. The second-order valence-corrected chi connectivity index (χ2v) is 3.87. The Bertz CT molecular complexity index is 224. The fourth-order valence-electron chi connectivity index (χ4n) is 1.05. The van der Waals surface area contributed by atoms with E-state index in [0.29, 0.717) is 25.9 Å². The van der Waals surface area contributed by atoms with Crippen molar-refractivity contribution in [2.45, 2.75) is 44.6 Å². The minimum absolute atomic E-state index is 0.247. The minimum atomic E-state index is -0.933. The Morgan fingerprint density at radius 2 is 1.44 bits per heavy atom. The van der Waals surface area contributed by atoms with Gasteiger partial charge in [0.15, 0.2) is 0 Å². The maximum atomic E-state index is 10.1. The minimum Gasteiger partial charge on any atom is -0.481 e. The molecule has 0 saturated carbocycles. The summed E-state index contributed by atoms with van der Waals surface area (Å²) in [4.78, 5) is 20.0. The molecule has 1 unspecified atom stereocenters. The summed E-state index contributed by atoms with van der Waals surface area (Å²) in [6.45, 7) is 1.19. The van der Waals surface area contributed by atoms with E-state index in [2.05, 4.69) is 0 Å². The van der Waals surface area contributed by atoms with Gasteiger partial charge in [-0.2, -0.15) is 0 Å². The van der Waals surface area contributed by atoms with Crippen molar-refractivity contribution in [3.63, 3.8) is 0 Å². The van der Waals surface area contributed by atoms with Crippen molar-refractivity contribution in [2.75, 3.05) is 13.1 Å². The molecular weight excluding hydrogens is 238 g/mol. The monoisotopic (exact) mass is 263 g/mol. The predicted octanol–water partition coefficient (Wildman–Crippen LogP) is -0.273. The molecule has 7 heteroatoms. The van der Waals surface area contributed by atoms with Gasteiger partial charge in [-0.1, -0.05) is 6.42 Å². The summed E-state index contributed by atoms with van der Waals surface area (Å²) in [7, 11) is 0. The molecule has 0 saturated heterocycles. The van der Waals surface area contributed by atoms with Gasteiger partial charge in [0.25, 0.3) is 0 Å². The van der Waals surface area contributed by atoms with Crippen LogP contribution in [0.15, 0.2) is 0 Å². The lowest BCUT2D eigenvalue weighted by molar-refractivity contribution is -0.139. The van der Waals surface area contributed by atoms with Crippen LogP contribution in [0.3, 0.4) is 0 Å². The lowest BCUT2D eigenvalue weighted by atomic mass is 10.1.